The standard InChI is InChI=1S/C15H22N4S/c1-11(2)19-15(17-10-18-19)9-13(16-3)12-7-5-6-8-14(12)20-4/h5-8,10-11,13,16H,9H2,1-4H3. The molecule has 0 amide bonds. The fraction of sp³-hybridized carbons (Fsp3) is 0.467. The molecule has 2 rings (SSSR count). The summed E-state index contributed by atoms with van der Waals surface area (Å²) in [5.74, 6) is 1.02. The van der Waals surface area contributed by atoms with Gasteiger partial charge < -0.3 is 5.32 Å². The highest BCUT2D eigenvalue weighted by Gasteiger charge is 2.17. The van der Waals surface area contributed by atoms with Gasteiger partial charge in [0.05, 0.1) is 0 Å². The Bertz CT molecular complexity index is 550. The molecule has 20 heavy (non-hydrogen) atoms. The Labute approximate surface area is 125 Å². The van der Waals surface area contributed by atoms with Crippen LogP contribution in [-0.4, -0.2) is 28.1 Å². The first-order valence-electron chi connectivity index (χ1n) is 6.86. The smallest absolute Gasteiger partial charge is 0.138 e. The van der Waals surface area contributed by atoms with E-state index in [1.807, 2.05) is 11.7 Å². The van der Waals surface area contributed by atoms with Crippen molar-refractivity contribution in [2.45, 2.75) is 37.2 Å². The number of rotatable bonds is 6. The van der Waals surface area contributed by atoms with E-state index < -0.39 is 0 Å². The van der Waals surface area contributed by atoms with Gasteiger partial charge in [-0.3, -0.25) is 0 Å². The van der Waals surface area contributed by atoms with Crippen LogP contribution in [0.2, 0.25) is 0 Å². The maximum atomic E-state index is 4.41. The van der Waals surface area contributed by atoms with Crippen LogP contribution in [0.4, 0.5) is 0 Å². The quantitative estimate of drug-likeness (QED) is 0.830. The van der Waals surface area contributed by atoms with Crippen molar-refractivity contribution < 1.29 is 0 Å². The van der Waals surface area contributed by atoms with Crippen LogP contribution in [0, 0.1) is 0 Å². The Kier molecular flexibility index (Phi) is 5.20. The van der Waals surface area contributed by atoms with Gasteiger partial charge in [-0.05, 0) is 38.8 Å². The summed E-state index contributed by atoms with van der Waals surface area (Å²) >= 11 is 1.78. The summed E-state index contributed by atoms with van der Waals surface area (Å²) in [6.45, 7) is 4.25. The van der Waals surface area contributed by atoms with Crippen LogP contribution in [0.3, 0.4) is 0 Å². The molecule has 108 valence electrons. The second kappa shape index (κ2) is 6.90. The topological polar surface area (TPSA) is 42.7 Å². The molecule has 0 saturated heterocycles. The molecule has 0 aliphatic heterocycles. The SMILES string of the molecule is CNC(Cc1ncnn1C(C)C)c1ccccc1SC. The first-order valence-corrected chi connectivity index (χ1v) is 8.08. The van der Waals surface area contributed by atoms with E-state index in [-0.39, 0.29) is 6.04 Å². The molecule has 0 bridgehead atoms. The molecule has 1 N–H and O–H groups in total. The lowest BCUT2D eigenvalue weighted by molar-refractivity contribution is 0.476. The molecule has 4 nitrogen and oxygen atoms in total. The Morgan fingerprint density at radius 3 is 2.70 bits per heavy atom. The zero-order chi connectivity index (χ0) is 14.5. The Hall–Kier alpha value is -1.33. The number of hydrogen-bond donors (Lipinski definition) is 1. The number of hydrogen-bond acceptors (Lipinski definition) is 4. The van der Waals surface area contributed by atoms with E-state index in [0.29, 0.717) is 6.04 Å². The van der Waals surface area contributed by atoms with Crippen LogP contribution in [-0.2, 0) is 6.42 Å². The molecule has 0 aliphatic rings. The van der Waals surface area contributed by atoms with Crippen molar-refractivity contribution in [2.75, 3.05) is 13.3 Å². The van der Waals surface area contributed by atoms with Gasteiger partial charge in [0.15, 0.2) is 0 Å². The first kappa shape index (κ1) is 15.1. The lowest BCUT2D eigenvalue weighted by Gasteiger charge is -2.20. The van der Waals surface area contributed by atoms with Crippen molar-refractivity contribution in [3.05, 3.63) is 42.0 Å². The molecule has 0 radical (unpaired) electrons. The summed E-state index contributed by atoms with van der Waals surface area (Å²) in [5.41, 5.74) is 1.32. The largest absolute Gasteiger partial charge is 0.313 e. The van der Waals surface area contributed by atoms with Crippen LogP contribution >= 0.6 is 11.8 Å². The zero-order valence-electron chi connectivity index (χ0n) is 12.5. The van der Waals surface area contributed by atoms with E-state index in [9.17, 15) is 0 Å². The van der Waals surface area contributed by atoms with E-state index in [4.69, 9.17) is 0 Å². The third-order valence-corrected chi connectivity index (χ3v) is 4.20. The van der Waals surface area contributed by atoms with Crippen LogP contribution in [0.15, 0.2) is 35.5 Å². The second-order valence-corrected chi connectivity index (χ2v) is 5.85. The van der Waals surface area contributed by atoms with Gasteiger partial charge in [0.25, 0.3) is 0 Å². The minimum atomic E-state index is 0.250. The van der Waals surface area contributed by atoms with Crippen molar-refractivity contribution in [3.63, 3.8) is 0 Å². The minimum Gasteiger partial charge on any atom is -0.313 e. The van der Waals surface area contributed by atoms with E-state index in [1.54, 1.807) is 18.1 Å². The zero-order valence-corrected chi connectivity index (χ0v) is 13.3. The fourth-order valence-electron chi connectivity index (χ4n) is 2.36. The highest BCUT2D eigenvalue weighted by Crippen LogP contribution is 2.27. The molecule has 1 aromatic carbocycles. The van der Waals surface area contributed by atoms with Gasteiger partial charge in [0.1, 0.15) is 12.2 Å². The molecule has 5 heteroatoms. The first-order chi connectivity index (χ1) is 9.67. The number of nitrogens with zero attached hydrogens (tertiary/aromatic N) is 3. The molecule has 1 heterocycles. The van der Waals surface area contributed by atoms with E-state index in [0.717, 1.165) is 12.2 Å². The van der Waals surface area contributed by atoms with Crippen LogP contribution in [0.25, 0.3) is 0 Å². The molecule has 2 aromatic rings. The molecule has 1 atom stereocenters. The van der Waals surface area contributed by atoms with Gasteiger partial charge in [0.2, 0.25) is 0 Å². The van der Waals surface area contributed by atoms with Crippen molar-refractivity contribution in [1.82, 2.24) is 20.1 Å². The fourth-order valence-corrected chi connectivity index (χ4v) is 3.02. The Balaban J connectivity index is 2.27. The third-order valence-electron chi connectivity index (χ3n) is 3.39. The summed E-state index contributed by atoms with van der Waals surface area (Å²) in [4.78, 5) is 5.72. The average Bonchev–Trinajstić information content (AvgIpc) is 2.93. The normalized spacial score (nSPS) is 12.8. The Morgan fingerprint density at radius 1 is 1.30 bits per heavy atom. The van der Waals surface area contributed by atoms with Crippen molar-refractivity contribution in [2.24, 2.45) is 0 Å². The number of aromatic nitrogens is 3. The summed E-state index contributed by atoms with van der Waals surface area (Å²) in [7, 11) is 2.00. The molecular weight excluding hydrogens is 268 g/mol. The van der Waals surface area contributed by atoms with Crippen molar-refractivity contribution in [3.8, 4) is 0 Å². The minimum absolute atomic E-state index is 0.250. The highest BCUT2D eigenvalue weighted by molar-refractivity contribution is 7.98. The summed E-state index contributed by atoms with van der Waals surface area (Å²) in [6, 6.07) is 9.10. The van der Waals surface area contributed by atoms with E-state index in [1.165, 1.54) is 10.5 Å². The predicted octanol–water partition coefficient (Wildman–Crippen LogP) is 3.08. The molecule has 1 unspecified atom stereocenters. The van der Waals surface area contributed by atoms with Crippen molar-refractivity contribution >= 4 is 11.8 Å². The molecule has 0 fully saturated rings. The van der Waals surface area contributed by atoms with E-state index >= 15 is 0 Å². The Morgan fingerprint density at radius 2 is 2.05 bits per heavy atom. The molecule has 0 spiro atoms. The van der Waals surface area contributed by atoms with Crippen LogP contribution in [0.5, 0.6) is 0 Å². The maximum absolute atomic E-state index is 4.41. The number of thioether (sulfide) groups is 1. The molecule has 0 aliphatic carbocycles. The van der Waals surface area contributed by atoms with Gasteiger partial charge in [-0.15, -0.1) is 11.8 Å². The molecular formula is C15H22N4S. The highest BCUT2D eigenvalue weighted by atomic mass is 32.2. The van der Waals surface area contributed by atoms with Gasteiger partial charge >= 0.3 is 0 Å². The summed E-state index contributed by atoms with van der Waals surface area (Å²) < 4.78 is 1.99. The monoisotopic (exact) mass is 290 g/mol. The van der Waals surface area contributed by atoms with E-state index in [2.05, 4.69) is 59.8 Å². The van der Waals surface area contributed by atoms with Crippen LogP contribution in [0.1, 0.15) is 37.3 Å². The predicted molar refractivity (Wildman–Crippen MR) is 84.1 cm³/mol. The number of nitrogens with one attached hydrogen (secondary N) is 1. The van der Waals surface area contributed by atoms with Gasteiger partial charge in [-0.2, -0.15) is 5.10 Å². The summed E-state index contributed by atoms with van der Waals surface area (Å²) in [6.07, 6.45) is 4.59. The van der Waals surface area contributed by atoms with Crippen LogP contribution < -0.4 is 5.32 Å². The van der Waals surface area contributed by atoms with Gasteiger partial charge in [-0.1, -0.05) is 18.2 Å². The number of likely N-dealkylation sites (N-methyl/N-ethyl adjacent to an activating group) is 1. The second-order valence-electron chi connectivity index (χ2n) is 5.00. The van der Waals surface area contributed by atoms with Gasteiger partial charge in [-0.25, -0.2) is 9.67 Å². The lowest BCUT2D eigenvalue weighted by atomic mass is 10.0. The molecule has 0 saturated carbocycles. The van der Waals surface area contributed by atoms with Crippen molar-refractivity contribution in [1.29, 1.82) is 0 Å². The van der Waals surface area contributed by atoms with Gasteiger partial charge in [0, 0.05) is 23.4 Å². The lowest BCUT2D eigenvalue weighted by Crippen LogP contribution is -2.22. The maximum Gasteiger partial charge on any atom is 0.138 e. The average molecular weight is 290 g/mol. The molecule has 1 aromatic heterocycles. The summed E-state index contributed by atoms with van der Waals surface area (Å²) in [5, 5.41) is 7.71. The third kappa shape index (κ3) is 3.22. The number of benzene rings is 1.